The molecule has 0 aliphatic carbocycles. The van der Waals surface area contributed by atoms with E-state index in [1.54, 1.807) is 0 Å². The molecule has 5 heteroatoms. The number of carbonyl (C=O) groups is 1. The lowest BCUT2D eigenvalue weighted by Gasteiger charge is -2.19. The third-order valence-electron chi connectivity index (χ3n) is 4.23. The molecule has 4 nitrogen and oxygen atoms in total. The third kappa shape index (κ3) is 7.51. The van der Waals surface area contributed by atoms with Gasteiger partial charge in [0.05, 0.1) is 6.61 Å². The van der Waals surface area contributed by atoms with Crippen LogP contribution in [0.4, 0.5) is 4.79 Å². The molecule has 0 fully saturated rings. The number of benzene rings is 2. The molecule has 0 aromatic heterocycles. The second kappa shape index (κ2) is 10.2. The fourth-order valence-corrected chi connectivity index (χ4v) is 2.82. The maximum atomic E-state index is 11.8. The van der Waals surface area contributed by atoms with Gasteiger partial charge in [0, 0.05) is 18.1 Å². The second-order valence-corrected chi connectivity index (χ2v) is 7.91. The predicted molar refractivity (Wildman–Crippen MR) is 112 cm³/mol. The van der Waals surface area contributed by atoms with E-state index in [9.17, 15) is 4.79 Å². The summed E-state index contributed by atoms with van der Waals surface area (Å²) in [6.45, 7) is 8.25. The Morgan fingerprint density at radius 1 is 1.00 bits per heavy atom. The van der Waals surface area contributed by atoms with Crippen molar-refractivity contribution >= 4 is 17.6 Å². The van der Waals surface area contributed by atoms with Crippen LogP contribution in [0.1, 0.15) is 38.3 Å². The Morgan fingerprint density at radius 3 is 2.33 bits per heavy atom. The number of hydrogen-bond donors (Lipinski definition) is 2. The zero-order valence-corrected chi connectivity index (χ0v) is 17.1. The first-order valence-corrected chi connectivity index (χ1v) is 9.72. The van der Waals surface area contributed by atoms with Gasteiger partial charge in [-0.25, -0.2) is 4.79 Å². The normalized spacial score (nSPS) is 11.1. The number of rotatable bonds is 8. The second-order valence-electron chi connectivity index (χ2n) is 7.50. The van der Waals surface area contributed by atoms with Gasteiger partial charge in [-0.3, -0.25) is 0 Å². The molecule has 2 N–H and O–H groups in total. The molecule has 0 aliphatic rings. The summed E-state index contributed by atoms with van der Waals surface area (Å²) in [6, 6.07) is 15.7. The van der Waals surface area contributed by atoms with Crippen molar-refractivity contribution in [2.24, 2.45) is 0 Å². The highest BCUT2D eigenvalue weighted by Crippen LogP contribution is 2.24. The maximum Gasteiger partial charge on any atom is 0.314 e. The van der Waals surface area contributed by atoms with E-state index in [0.717, 1.165) is 22.8 Å². The average molecular weight is 389 g/mol. The predicted octanol–water partition coefficient (Wildman–Crippen LogP) is 4.95. The van der Waals surface area contributed by atoms with Crippen LogP contribution in [0, 0.1) is 0 Å². The van der Waals surface area contributed by atoms with E-state index < -0.39 is 0 Å². The molecule has 2 rings (SSSR count). The molecule has 0 atom stereocenters. The topological polar surface area (TPSA) is 50.4 Å². The zero-order chi connectivity index (χ0) is 19.7. The van der Waals surface area contributed by atoms with E-state index >= 15 is 0 Å². The highest BCUT2D eigenvalue weighted by atomic mass is 35.5. The molecule has 0 saturated carbocycles. The van der Waals surface area contributed by atoms with Crippen molar-refractivity contribution in [3.05, 3.63) is 64.7 Å². The quantitative estimate of drug-likeness (QED) is 0.628. The molecular formula is C22H29ClN2O2. The van der Waals surface area contributed by atoms with Gasteiger partial charge in [0.1, 0.15) is 5.75 Å². The van der Waals surface area contributed by atoms with Gasteiger partial charge in [0.15, 0.2) is 0 Å². The summed E-state index contributed by atoms with van der Waals surface area (Å²) in [7, 11) is 0. The molecule has 2 aromatic carbocycles. The van der Waals surface area contributed by atoms with Crippen LogP contribution >= 0.6 is 11.6 Å². The van der Waals surface area contributed by atoms with Gasteiger partial charge in [-0.1, -0.05) is 62.7 Å². The number of ether oxygens (including phenoxy) is 1. The summed E-state index contributed by atoms with van der Waals surface area (Å²) in [5.41, 5.74) is 2.46. The number of halogens is 1. The van der Waals surface area contributed by atoms with E-state index in [1.807, 2.05) is 36.4 Å². The summed E-state index contributed by atoms with van der Waals surface area (Å²) in [5.74, 6) is 0.854. The van der Waals surface area contributed by atoms with Crippen LogP contribution in [0.3, 0.4) is 0 Å². The van der Waals surface area contributed by atoms with Crippen molar-refractivity contribution < 1.29 is 9.53 Å². The van der Waals surface area contributed by atoms with Crippen LogP contribution in [-0.2, 0) is 11.8 Å². The number of urea groups is 1. The number of nitrogens with one attached hydrogen (secondary N) is 2. The minimum absolute atomic E-state index is 0.141. The first-order chi connectivity index (χ1) is 12.9. The summed E-state index contributed by atoms with van der Waals surface area (Å²) in [6.07, 6.45) is 1.46. The Balaban J connectivity index is 1.57. The van der Waals surface area contributed by atoms with Crippen molar-refractivity contribution in [3.63, 3.8) is 0 Å². The van der Waals surface area contributed by atoms with Crippen molar-refractivity contribution in [2.75, 3.05) is 19.7 Å². The average Bonchev–Trinajstić information content (AvgIpc) is 2.63. The van der Waals surface area contributed by atoms with E-state index in [0.29, 0.717) is 26.1 Å². The van der Waals surface area contributed by atoms with Gasteiger partial charge in [0.25, 0.3) is 0 Å². The van der Waals surface area contributed by atoms with E-state index in [1.165, 1.54) is 5.56 Å². The van der Waals surface area contributed by atoms with Gasteiger partial charge in [-0.05, 0) is 47.6 Å². The number of carbonyl (C=O) groups excluding carboxylic acids is 1. The van der Waals surface area contributed by atoms with Gasteiger partial charge >= 0.3 is 6.03 Å². The summed E-state index contributed by atoms with van der Waals surface area (Å²) in [5, 5.41) is 6.40. The number of hydrogen-bond acceptors (Lipinski definition) is 2. The van der Waals surface area contributed by atoms with Gasteiger partial charge in [-0.2, -0.15) is 0 Å². The maximum absolute atomic E-state index is 11.8. The Morgan fingerprint density at radius 2 is 1.67 bits per heavy atom. The molecule has 0 heterocycles. The Labute approximate surface area is 167 Å². The molecule has 146 valence electrons. The highest BCUT2D eigenvalue weighted by Gasteiger charge is 2.12. The van der Waals surface area contributed by atoms with Crippen LogP contribution in [0.25, 0.3) is 0 Å². The molecular weight excluding hydrogens is 360 g/mol. The fraction of sp³-hybridized carbons (Fsp3) is 0.409. The molecule has 0 saturated heterocycles. The molecule has 2 aromatic rings. The summed E-state index contributed by atoms with van der Waals surface area (Å²) < 4.78 is 5.72. The van der Waals surface area contributed by atoms with Crippen LogP contribution < -0.4 is 15.4 Å². The van der Waals surface area contributed by atoms with Crippen LogP contribution in [0.5, 0.6) is 5.75 Å². The van der Waals surface area contributed by atoms with Gasteiger partial charge in [0.2, 0.25) is 0 Å². The van der Waals surface area contributed by atoms with Crippen LogP contribution in [-0.4, -0.2) is 25.7 Å². The SMILES string of the molecule is CC(C)(C)c1ccc(OCCCNC(=O)NCCc2ccccc2Cl)cc1. The van der Waals surface area contributed by atoms with E-state index in [-0.39, 0.29) is 11.4 Å². The Bertz CT molecular complexity index is 724. The largest absolute Gasteiger partial charge is 0.494 e. The zero-order valence-electron chi connectivity index (χ0n) is 16.3. The lowest BCUT2D eigenvalue weighted by molar-refractivity contribution is 0.239. The standard InChI is InChI=1S/C22H29ClN2O2/c1-22(2,3)18-9-11-19(12-10-18)27-16-6-14-24-21(26)25-15-13-17-7-4-5-8-20(17)23/h4-5,7-12H,6,13-16H2,1-3H3,(H2,24,25,26). The van der Waals surface area contributed by atoms with Crippen molar-refractivity contribution in [1.82, 2.24) is 10.6 Å². The molecule has 0 spiro atoms. The number of amides is 2. The molecule has 2 amide bonds. The monoisotopic (exact) mass is 388 g/mol. The van der Waals surface area contributed by atoms with Crippen molar-refractivity contribution in [3.8, 4) is 5.75 Å². The van der Waals surface area contributed by atoms with E-state index in [4.69, 9.17) is 16.3 Å². The van der Waals surface area contributed by atoms with Crippen molar-refractivity contribution in [1.29, 1.82) is 0 Å². The first kappa shape index (κ1) is 21.1. The highest BCUT2D eigenvalue weighted by molar-refractivity contribution is 6.31. The van der Waals surface area contributed by atoms with Gasteiger partial charge in [-0.15, -0.1) is 0 Å². The molecule has 0 radical (unpaired) electrons. The molecule has 0 unspecified atom stereocenters. The first-order valence-electron chi connectivity index (χ1n) is 9.35. The minimum Gasteiger partial charge on any atom is -0.494 e. The van der Waals surface area contributed by atoms with Gasteiger partial charge < -0.3 is 15.4 Å². The third-order valence-corrected chi connectivity index (χ3v) is 4.60. The van der Waals surface area contributed by atoms with Crippen LogP contribution in [0.15, 0.2) is 48.5 Å². The Kier molecular flexibility index (Phi) is 7.99. The summed E-state index contributed by atoms with van der Waals surface area (Å²) >= 11 is 6.10. The molecule has 27 heavy (non-hydrogen) atoms. The lowest BCUT2D eigenvalue weighted by atomic mass is 9.87. The smallest absolute Gasteiger partial charge is 0.314 e. The van der Waals surface area contributed by atoms with Crippen LogP contribution in [0.2, 0.25) is 5.02 Å². The van der Waals surface area contributed by atoms with Crippen molar-refractivity contribution in [2.45, 2.75) is 39.0 Å². The molecule has 0 aliphatic heterocycles. The molecule has 0 bridgehead atoms. The lowest BCUT2D eigenvalue weighted by Crippen LogP contribution is -2.37. The fourth-order valence-electron chi connectivity index (χ4n) is 2.59. The minimum atomic E-state index is -0.170. The Hall–Kier alpha value is -2.20. The van der Waals surface area contributed by atoms with E-state index in [2.05, 4.69) is 43.5 Å². The summed E-state index contributed by atoms with van der Waals surface area (Å²) in [4.78, 5) is 11.8.